The molecule has 0 bridgehead atoms. The fourth-order valence-corrected chi connectivity index (χ4v) is 2.75. The summed E-state index contributed by atoms with van der Waals surface area (Å²) in [6.45, 7) is 4.22. The number of nitrogens with zero attached hydrogens (tertiary/aromatic N) is 3. The number of pyridine rings is 2. The van der Waals surface area contributed by atoms with Crippen molar-refractivity contribution < 1.29 is 4.79 Å². The summed E-state index contributed by atoms with van der Waals surface area (Å²) in [7, 11) is 0. The van der Waals surface area contributed by atoms with Crippen LogP contribution in [0.2, 0.25) is 0 Å². The number of nitrogens with one attached hydrogen (secondary N) is 1. The van der Waals surface area contributed by atoms with E-state index in [1.807, 2.05) is 12.1 Å². The van der Waals surface area contributed by atoms with Crippen molar-refractivity contribution in [1.82, 2.24) is 9.97 Å². The van der Waals surface area contributed by atoms with E-state index in [0.717, 1.165) is 23.4 Å². The quantitative estimate of drug-likeness (QED) is 0.911. The number of halogens is 1. The monoisotopic (exact) mass is 360 g/mol. The minimum absolute atomic E-state index is 0.175. The van der Waals surface area contributed by atoms with E-state index in [0.29, 0.717) is 17.3 Å². The van der Waals surface area contributed by atoms with E-state index in [4.69, 9.17) is 0 Å². The third kappa shape index (κ3) is 3.44. The van der Waals surface area contributed by atoms with Gasteiger partial charge in [-0.05, 0) is 52.5 Å². The van der Waals surface area contributed by atoms with Crippen molar-refractivity contribution in [1.29, 1.82) is 0 Å². The molecule has 1 saturated heterocycles. The molecule has 2 aromatic heterocycles. The predicted octanol–water partition coefficient (Wildman–Crippen LogP) is 3.34. The Labute approximate surface area is 137 Å². The van der Waals surface area contributed by atoms with Crippen LogP contribution in [0.4, 0.5) is 11.6 Å². The van der Waals surface area contributed by atoms with Gasteiger partial charge in [0, 0.05) is 35.5 Å². The standard InChI is InChI=1S/C16H17BrN4O/c1-11-5-7-21(10-11)15-8-12(4-6-18-15)16(22)20-14-3-2-13(17)9-19-14/h2-4,6,8-9,11H,5,7,10H2,1H3,(H,19,20,22). The molecule has 1 aliphatic heterocycles. The van der Waals surface area contributed by atoms with Gasteiger partial charge in [0.05, 0.1) is 0 Å². The van der Waals surface area contributed by atoms with Crippen LogP contribution in [0.15, 0.2) is 41.1 Å². The normalized spacial score (nSPS) is 17.5. The lowest BCUT2D eigenvalue weighted by Gasteiger charge is -2.17. The zero-order chi connectivity index (χ0) is 15.5. The van der Waals surface area contributed by atoms with Crippen molar-refractivity contribution in [2.24, 2.45) is 5.92 Å². The van der Waals surface area contributed by atoms with E-state index in [1.165, 1.54) is 6.42 Å². The third-order valence-electron chi connectivity index (χ3n) is 3.72. The molecule has 5 nitrogen and oxygen atoms in total. The Hall–Kier alpha value is -1.95. The second kappa shape index (κ2) is 6.44. The Balaban J connectivity index is 1.74. The van der Waals surface area contributed by atoms with E-state index >= 15 is 0 Å². The number of amides is 1. The molecule has 0 saturated carbocycles. The van der Waals surface area contributed by atoms with Gasteiger partial charge in [-0.2, -0.15) is 0 Å². The van der Waals surface area contributed by atoms with Crippen LogP contribution in [0.3, 0.4) is 0 Å². The van der Waals surface area contributed by atoms with E-state index in [2.05, 4.69) is 43.0 Å². The van der Waals surface area contributed by atoms with Crippen LogP contribution >= 0.6 is 15.9 Å². The summed E-state index contributed by atoms with van der Waals surface area (Å²) in [4.78, 5) is 23.1. The Morgan fingerprint density at radius 3 is 2.91 bits per heavy atom. The summed E-state index contributed by atoms with van der Waals surface area (Å²) in [5.41, 5.74) is 0.592. The topological polar surface area (TPSA) is 58.1 Å². The molecule has 1 aliphatic rings. The number of aromatic nitrogens is 2. The summed E-state index contributed by atoms with van der Waals surface area (Å²) in [6, 6.07) is 7.15. The van der Waals surface area contributed by atoms with Crippen molar-refractivity contribution in [3.63, 3.8) is 0 Å². The number of hydrogen-bond acceptors (Lipinski definition) is 4. The highest BCUT2D eigenvalue weighted by molar-refractivity contribution is 9.10. The van der Waals surface area contributed by atoms with E-state index in [1.54, 1.807) is 24.5 Å². The summed E-state index contributed by atoms with van der Waals surface area (Å²) >= 11 is 3.32. The molecule has 1 unspecified atom stereocenters. The third-order valence-corrected chi connectivity index (χ3v) is 4.19. The molecule has 0 aromatic carbocycles. The van der Waals surface area contributed by atoms with Gasteiger partial charge in [0.25, 0.3) is 5.91 Å². The molecule has 114 valence electrons. The lowest BCUT2D eigenvalue weighted by atomic mass is 10.2. The molecular formula is C16H17BrN4O. The molecule has 1 amide bonds. The molecule has 1 N–H and O–H groups in total. The van der Waals surface area contributed by atoms with Crippen LogP contribution in [0.5, 0.6) is 0 Å². The molecule has 0 spiro atoms. The van der Waals surface area contributed by atoms with Gasteiger partial charge in [-0.25, -0.2) is 9.97 Å². The van der Waals surface area contributed by atoms with Crippen molar-refractivity contribution in [3.05, 3.63) is 46.7 Å². The number of anilines is 2. The maximum atomic E-state index is 12.3. The number of carbonyl (C=O) groups excluding carboxylic acids is 1. The number of carbonyl (C=O) groups is 1. The largest absolute Gasteiger partial charge is 0.356 e. The van der Waals surface area contributed by atoms with Crippen LogP contribution in [0.25, 0.3) is 0 Å². The van der Waals surface area contributed by atoms with Crippen LogP contribution in [0, 0.1) is 5.92 Å². The minimum Gasteiger partial charge on any atom is -0.356 e. The number of hydrogen-bond donors (Lipinski definition) is 1. The zero-order valence-corrected chi connectivity index (χ0v) is 13.9. The SMILES string of the molecule is CC1CCN(c2cc(C(=O)Nc3ccc(Br)cn3)ccn2)C1. The molecule has 1 atom stereocenters. The summed E-state index contributed by atoms with van der Waals surface area (Å²) in [6.07, 6.45) is 4.50. The smallest absolute Gasteiger partial charge is 0.257 e. The minimum atomic E-state index is -0.175. The fraction of sp³-hybridized carbons (Fsp3) is 0.312. The van der Waals surface area contributed by atoms with Gasteiger partial charge < -0.3 is 10.2 Å². The van der Waals surface area contributed by atoms with Crippen LogP contribution in [-0.2, 0) is 0 Å². The first-order valence-electron chi connectivity index (χ1n) is 7.26. The van der Waals surface area contributed by atoms with E-state index in [9.17, 15) is 4.79 Å². The second-order valence-electron chi connectivity index (χ2n) is 5.56. The van der Waals surface area contributed by atoms with Crippen LogP contribution in [0.1, 0.15) is 23.7 Å². The first-order chi connectivity index (χ1) is 10.6. The van der Waals surface area contributed by atoms with Gasteiger partial charge in [-0.1, -0.05) is 6.92 Å². The highest BCUT2D eigenvalue weighted by Gasteiger charge is 2.20. The molecule has 22 heavy (non-hydrogen) atoms. The van der Waals surface area contributed by atoms with E-state index in [-0.39, 0.29) is 5.91 Å². The lowest BCUT2D eigenvalue weighted by molar-refractivity contribution is 0.102. The van der Waals surface area contributed by atoms with Gasteiger partial charge in [-0.15, -0.1) is 0 Å². The van der Waals surface area contributed by atoms with Crippen LogP contribution < -0.4 is 10.2 Å². The summed E-state index contributed by atoms with van der Waals surface area (Å²) in [5.74, 6) is 1.89. The Morgan fingerprint density at radius 1 is 1.36 bits per heavy atom. The molecule has 3 rings (SSSR count). The predicted molar refractivity (Wildman–Crippen MR) is 90.1 cm³/mol. The molecule has 2 aromatic rings. The Kier molecular flexibility index (Phi) is 4.38. The number of rotatable bonds is 3. The molecular weight excluding hydrogens is 344 g/mol. The van der Waals surface area contributed by atoms with E-state index < -0.39 is 0 Å². The molecule has 1 fully saturated rings. The van der Waals surface area contributed by atoms with Gasteiger partial charge in [-0.3, -0.25) is 4.79 Å². The van der Waals surface area contributed by atoms with Crippen LogP contribution in [-0.4, -0.2) is 29.0 Å². The summed E-state index contributed by atoms with van der Waals surface area (Å²) < 4.78 is 0.875. The Bertz CT molecular complexity index is 674. The molecule has 0 aliphatic carbocycles. The van der Waals surface area contributed by atoms with Crippen molar-refractivity contribution in [3.8, 4) is 0 Å². The van der Waals surface area contributed by atoms with Gasteiger partial charge in [0.2, 0.25) is 0 Å². The van der Waals surface area contributed by atoms with Crippen molar-refractivity contribution >= 4 is 33.5 Å². The lowest BCUT2D eigenvalue weighted by Crippen LogP contribution is -2.21. The maximum absolute atomic E-state index is 12.3. The van der Waals surface area contributed by atoms with Gasteiger partial charge in [0.15, 0.2) is 0 Å². The van der Waals surface area contributed by atoms with Gasteiger partial charge in [0.1, 0.15) is 11.6 Å². The molecule has 6 heteroatoms. The average Bonchev–Trinajstić information content (AvgIpc) is 2.96. The highest BCUT2D eigenvalue weighted by atomic mass is 79.9. The fourth-order valence-electron chi connectivity index (χ4n) is 2.51. The zero-order valence-electron chi connectivity index (χ0n) is 12.3. The highest BCUT2D eigenvalue weighted by Crippen LogP contribution is 2.22. The van der Waals surface area contributed by atoms with Crippen molar-refractivity contribution in [2.75, 3.05) is 23.3 Å². The first-order valence-corrected chi connectivity index (χ1v) is 8.05. The average molecular weight is 361 g/mol. The first kappa shape index (κ1) is 15.0. The Morgan fingerprint density at radius 2 is 2.23 bits per heavy atom. The molecule has 3 heterocycles. The summed E-state index contributed by atoms with van der Waals surface area (Å²) in [5, 5.41) is 2.79. The van der Waals surface area contributed by atoms with Crippen molar-refractivity contribution in [2.45, 2.75) is 13.3 Å². The maximum Gasteiger partial charge on any atom is 0.257 e. The van der Waals surface area contributed by atoms with Gasteiger partial charge >= 0.3 is 0 Å². The second-order valence-corrected chi connectivity index (χ2v) is 6.47. The molecule has 0 radical (unpaired) electrons.